The van der Waals surface area contributed by atoms with Crippen LogP contribution in [0.1, 0.15) is 20.8 Å². The maximum atomic E-state index is 12.9. The number of aromatic nitrogens is 4. The molecule has 5 aromatic rings. The van der Waals surface area contributed by atoms with Gasteiger partial charge in [-0.15, -0.1) is 11.3 Å². The number of fused-ring (bicyclic) bond motifs is 2. The summed E-state index contributed by atoms with van der Waals surface area (Å²) in [4.78, 5) is 22.0. The number of halogens is 2. The van der Waals surface area contributed by atoms with Gasteiger partial charge in [-0.1, -0.05) is 27.5 Å². The van der Waals surface area contributed by atoms with E-state index < -0.39 is 11.7 Å². The fraction of sp³-hybridized carbons (Fsp3) is 0.208. The van der Waals surface area contributed by atoms with Gasteiger partial charge in [0.25, 0.3) is 0 Å². The molecule has 5 rings (SSSR count). The first kappa shape index (κ1) is 22.1. The number of hydrogen-bond acceptors (Lipinski definition) is 5. The van der Waals surface area contributed by atoms with Gasteiger partial charge in [0, 0.05) is 57.4 Å². The van der Waals surface area contributed by atoms with Gasteiger partial charge in [0.1, 0.15) is 10.6 Å². The molecule has 0 unspecified atom stereocenters. The topological polar surface area (TPSA) is 61.9 Å². The van der Waals surface area contributed by atoms with Crippen LogP contribution in [0.4, 0.5) is 4.79 Å². The average Bonchev–Trinajstić information content (AvgIpc) is 3.42. The lowest BCUT2D eigenvalue weighted by Gasteiger charge is -2.19. The van der Waals surface area contributed by atoms with Gasteiger partial charge in [-0.25, -0.2) is 14.8 Å². The standard InChI is InChI=1S/C24H20BrClN4O2S/c1-24(2,3)32-23(31)30-11-17(15-9-13(25)5-6-19(15)30)22-28-18(12-33-22)16-10-29(4)20-14(16)7-8-27-21(20)26/h5-12H,1-4H3. The second kappa shape index (κ2) is 7.97. The van der Waals surface area contributed by atoms with Crippen molar-refractivity contribution in [2.24, 2.45) is 7.05 Å². The number of aryl methyl sites for hydroxylation is 1. The smallest absolute Gasteiger partial charge is 0.419 e. The second-order valence-corrected chi connectivity index (χ2v) is 10.9. The molecule has 4 aromatic heterocycles. The van der Waals surface area contributed by atoms with Crippen LogP contribution in [-0.4, -0.2) is 30.8 Å². The number of hydrogen-bond donors (Lipinski definition) is 0. The van der Waals surface area contributed by atoms with E-state index in [0.29, 0.717) is 5.15 Å². The number of benzene rings is 1. The molecule has 0 saturated heterocycles. The SMILES string of the molecule is Cn1cc(-c2csc(-c3cn(C(=O)OC(C)(C)C)c4ccc(Br)cc34)n2)c2ccnc(Cl)c21. The summed E-state index contributed by atoms with van der Waals surface area (Å²) >= 11 is 11.4. The third-order valence-corrected chi connectivity index (χ3v) is 6.86. The first-order valence-corrected chi connectivity index (χ1v) is 12.3. The molecular formula is C24H20BrClN4O2S. The number of thiazole rings is 1. The minimum absolute atomic E-state index is 0.422. The van der Waals surface area contributed by atoms with Crippen LogP contribution in [0, 0.1) is 0 Å². The van der Waals surface area contributed by atoms with Crippen LogP contribution in [-0.2, 0) is 11.8 Å². The molecule has 0 amide bonds. The molecule has 33 heavy (non-hydrogen) atoms. The fourth-order valence-electron chi connectivity index (χ4n) is 3.87. The molecule has 4 heterocycles. The van der Waals surface area contributed by atoms with Gasteiger partial charge >= 0.3 is 6.09 Å². The van der Waals surface area contributed by atoms with Crippen LogP contribution >= 0.6 is 38.9 Å². The van der Waals surface area contributed by atoms with E-state index in [9.17, 15) is 4.79 Å². The highest BCUT2D eigenvalue weighted by Crippen LogP contribution is 2.39. The van der Waals surface area contributed by atoms with Gasteiger partial charge in [0.2, 0.25) is 0 Å². The Morgan fingerprint density at radius 1 is 1.15 bits per heavy atom. The Balaban J connectivity index is 1.64. The summed E-state index contributed by atoms with van der Waals surface area (Å²) in [6.07, 6.45) is 5.09. The van der Waals surface area contributed by atoms with E-state index >= 15 is 0 Å². The fourth-order valence-corrected chi connectivity index (χ4v) is 5.37. The van der Waals surface area contributed by atoms with Crippen molar-refractivity contribution in [2.75, 3.05) is 0 Å². The van der Waals surface area contributed by atoms with Gasteiger partial charge in [-0.2, -0.15) is 0 Å². The highest BCUT2D eigenvalue weighted by molar-refractivity contribution is 9.10. The number of carbonyl (C=O) groups excluding carboxylic acids is 1. The lowest BCUT2D eigenvalue weighted by Crippen LogP contribution is -2.26. The maximum Gasteiger partial charge on any atom is 0.419 e. The Morgan fingerprint density at radius 2 is 1.94 bits per heavy atom. The maximum absolute atomic E-state index is 12.9. The van der Waals surface area contributed by atoms with Gasteiger partial charge < -0.3 is 9.30 Å². The van der Waals surface area contributed by atoms with Gasteiger partial charge in [0.05, 0.1) is 16.7 Å². The van der Waals surface area contributed by atoms with E-state index in [1.807, 2.05) is 68.2 Å². The van der Waals surface area contributed by atoms with E-state index in [-0.39, 0.29) is 0 Å². The summed E-state index contributed by atoms with van der Waals surface area (Å²) < 4.78 is 10.1. The molecule has 0 aliphatic carbocycles. The van der Waals surface area contributed by atoms with Crippen molar-refractivity contribution in [3.63, 3.8) is 0 Å². The molecule has 0 fully saturated rings. The zero-order valence-corrected chi connectivity index (χ0v) is 21.5. The zero-order valence-electron chi connectivity index (χ0n) is 18.4. The van der Waals surface area contributed by atoms with Crippen molar-refractivity contribution in [1.82, 2.24) is 19.1 Å². The molecule has 0 spiro atoms. The number of pyridine rings is 1. The zero-order chi connectivity index (χ0) is 23.5. The van der Waals surface area contributed by atoms with Crippen LogP contribution in [0.15, 0.2) is 52.7 Å². The molecule has 0 aliphatic rings. The lowest BCUT2D eigenvalue weighted by molar-refractivity contribution is 0.0544. The highest BCUT2D eigenvalue weighted by Gasteiger charge is 2.23. The molecule has 0 aliphatic heterocycles. The summed E-state index contributed by atoms with van der Waals surface area (Å²) in [7, 11) is 1.94. The predicted molar refractivity (Wildman–Crippen MR) is 137 cm³/mol. The largest absolute Gasteiger partial charge is 0.443 e. The molecule has 6 nitrogen and oxygen atoms in total. The molecule has 168 valence electrons. The van der Waals surface area contributed by atoms with Crippen molar-refractivity contribution in [1.29, 1.82) is 0 Å². The van der Waals surface area contributed by atoms with Crippen molar-refractivity contribution in [3.05, 3.63) is 57.9 Å². The van der Waals surface area contributed by atoms with Crippen molar-refractivity contribution in [3.8, 4) is 21.8 Å². The Kier molecular flexibility index (Phi) is 5.34. The third kappa shape index (κ3) is 3.96. The highest BCUT2D eigenvalue weighted by atomic mass is 79.9. The van der Waals surface area contributed by atoms with Crippen LogP contribution in [0.5, 0.6) is 0 Å². The number of nitrogens with zero attached hydrogens (tertiary/aromatic N) is 4. The quantitative estimate of drug-likeness (QED) is 0.216. The van der Waals surface area contributed by atoms with Crippen LogP contribution in [0.25, 0.3) is 43.6 Å². The molecule has 9 heteroatoms. The average molecular weight is 544 g/mol. The third-order valence-electron chi connectivity index (χ3n) is 5.21. The number of rotatable bonds is 2. The van der Waals surface area contributed by atoms with Crippen LogP contribution in [0.3, 0.4) is 0 Å². The molecule has 0 bridgehead atoms. The van der Waals surface area contributed by atoms with Gasteiger partial charge in [-0.3, -0.25) is 4.57 Å². The Labute approximate surface area is 207 Å². The molecule has 0 N–H and O–H groups in total. The van der Waals surface area contributed by atoms with E-state index in [1.165, 1.54) is 11.3 Å². The number of carbonyl (C=O) groups is 1. The molecular weight excluding hydrogens is 524 g/mol. The van der Waals surface area contributed by atoms with Gasteiger partial charge in [-0.05, 0) is 45.0 Å². The lowest BCUT2D eigenvalue weighted by atomic mass is 10.1. The van der Waals surface area contributed by atoms with E-state index in [1.54, 1.807) is 17.0 Å². The van der Waals surface area contributed by atoms with E-state index in [0.717, 1.165) is 48.1 Å². The predicted octanol–water partition coefficient (Wildman–Crippen LogP) is 7.52. The molecule has 0 saturated carbocycles. The van der Waals surface area contributed by atoms with E-state index in [2.05, 4.69) is 20.9 Å². The van der Waals surface area contributed by atoms with Crippen LogP contribution < -0.4 is 0 Å². The van der Waals surface area contributed by atoms with Crippen LogP contribution in [0.2, 0.25) is 5.15 Å². The summed E-state index contributed by atoms with van der Waals surface area (Å²) in [6, 6.07) is 7.76. The second-order valence-electron chi connectivity index (χ2n) is 8.74. The Bertz CT molecular complexity index is 1540. The summed E-state index contributed by atoms with van der Waals surface area (Å²) in [5.41, 5.74) is 3.74. The molecule has 1 aromatic carbocycles. The first-order valence-electron chi connectivity index (χ1n) is 10.2. The van der Waals surface area contributed by atoms with Gasteiger partial charge in [0.15, 0.2) is 5.15 Å². The summed E-state index contributed by atoms with van der Waals surface area (Å²) in [5, 5.41) is 5.21. The van der Waals surface area contributed by atoms with Crippen molar-refractivity contribution >= 4 is 66.8 Å². The minimum atomic E-state index is -0.595. The van der Waals surface area contributed by atoms with E-state index in [4.69, 9.17) is 21.3 Å². The normalized spacial score (nSPS) is 12.1. The minimum Gasteiger partial charge on any atom is -0.443 e. The Hall–Kier alpha value is -2.68. The van der Waals surface area contributed by atoms with Crippen molar-refractivity contribution < 1.29 is 9.53 Å². The molecule has 0 atom stereocenters. The first-order chi connectivity index (χ1) is 15.6. The molecule has 0 radical (unpaired) electrons. The monoisotopic (exact) mass is 542 g/mol. The summed E-state index contributed by atoms with van der Waals surface area (Å²) in [5.74, 6) is 0. The van der Waals surface area contributed by atoms with Crippen molar-refractivity contribution in [2.45, 2.75) is 26.4 Å². The summed E-state index contributed by atoms with van der Waals surface area (Å²) in [6.45, 7) is 5.56. The number of ether oxygens (including phenoxy) is 1. The Morgan fingerprint density at radius 3 is 2.70 bits per heavy atom.